The van der Waals surface area contributed by atoms with E-state index in [9.17, 15) is 4.79 Å². The van der Waals surface area contributed by atoms with E-state index in [0.29, 0.717) is 18.7 Å². The number of rotatable bonds is 5. The van der Waals surface area contributed by atoms with Crippen molar-refractivity contribution in [2.75, 3.05) is 5.32 Å². The summed E-state index contributed by atoms with van der Waals surface area (Å²) in [6, 6.07) is 7.99. The number of carbonyl (C=O) groups is 1. The molecule has 0 atom stereocenters. The van der Waals surface area contributed by atoms with Gasteiger partial charge in [0.2, 0.25) is 5.91 Å². The SMILES string of the molecule is CC(C)n1cc(NC(=O)Cc2ccccc2CN)cn1. The van der Waals surface area contributed by atoms with E-state index in [0.717, 1.165) is 11.1 Å². The third-order valence-corrected chi connectivity index (χ3v) is 3.10. The molecule has 0 fully saturated rings. The van der Waals surface area contributed by atoms with Gasteiger partial charge < -0.3 is 11.1 Å². The van der Waals surface area contributed by atoms with Crippen molar-refractivity contribution in [1.82, 2.24) is 9.78 Å². The monoisotopic (exact) mass is 272 g/mol. The molecular formula is C15H20N4O. The second-order valence-corrected chi connectivity index (χ2v) is 5.00. The molecule has 106 valence electrons. The Labute approximate surface area is 118 Å². The van der Waals surface area contributed by atoms with Gasteiger partial charge in [-0.1, -0.05) is 24.3 Å². The minimum Gasteiger partial charge on any atom is -0.326 e. The first kappa shape index (κ1) is 14.3. The van der Waals surface area contributed by atoms with Crippen molar-refractivity contribution in [3.05, 3.63) is 47.8 Å². The van der Waals surface area contributed by atoms with Gasteiger partial charge in [0.25, 0.3) is 0 Å². The summed E-state index contributed by atoms with van der Waals surface area (Å²) in [6.45, 7) is 4.51. The van der Waals surface area contributed by atoms with Gasteiger partial charge in [0.15, 0.2) is 0 Å². The number of nitrogens with zero attached hydrogens (tertiary/aromatic N) is 2. The van der Waals surface area contributed by atoms with Crippen LogP contribution in [0.15, 0.2) is 36.7 Å². The standard InChI is InChI=1S/C15H20N4O/c1-11(2)19-10-14(9-17-19)18-15(20)7-12-5-3-4-6-13(12)8-16/h3-6,9-11H,7-8,16H2,1-2H3,(H,18,20). The summed E-state index contributed by atoms with van der Waals surface area (Å²) < 4.78 is 1.81. The largest absolute Gasteiger partial charge is 0.326 e. The molecule has 0 aliphatic carbocycles. The molecule has 2 aromatic rings. The van der Waals surface area contributed by atoms with Crippen LogP contribution >= 0.6 is 0 Å². The average Bonchev–Trinajstić information content (AvgIpc) is 2.88. The van der Waals surface area contributed by atoms with Crippen molar-refractivity contribution in [1.29, 1.82) is 0 Å². The molecule has 0 radical (unpaired) electrons. The van der Waals surface area contributed by atoms with E-state index < -0.39 is 0 Å². The molecular weight excluding hydrogens is 252 g/mol. The van der Waals surface area contributed by atoms with Gasteiger partial charge in [0, 0.05) is 18.8 Å². The maximum atomic E-state index is 12.0. The molecule has 1 aromatic heterocycles. The van der Waals surface area contributed by atoms with Crippen LogP contribution in [-0.2, 0) is 17.8 Å². The first-order chi connectivity index (χ1) is 9.60. The Balaban J connectivity index is 2.01. The van der Waals surface area contributed by atoms with Crippen LogP contribution in [0.3, 0.4) is 0 Å². The molecule has 2 rings (SSSR count). The van der Waals surface area contributed by atoms with E-state index in [4.69, 9.17) is 5.73 Å². The number of carbonyl (C=O) groups excluding carboxylic acids is 1. The van der Waals surface area contributed by atoms with Gasteiger partial charge in [-0.15, -0.1) is 0 Å². The summed E-state index contributed by atoms with van der Waals surface area (Å²) in [6.07, 6.45) is 3.81. The topological polar surface area (TPSA) is 72.9 Å². The summed E-state index contributed by atoms with van der Waals surface area (Å²) in [4.78, 5) is 12.0. The van der Waals surface area contributed by atoms with Crippen molar-refractivity contribution in [2.45, 2.75) is 32.9 Å². The summed E-state index contributed by atoms with van der Waals surface area (Å²) in [7, 11) is 0. The van der Waals surface area contributed by atoms with Gasteiger partial charge in [-0.2, -0.15) is 5.10 Å². The average molecular weight is 272 g/mol. The maximum Gasteiger partial charge on any atom is 0.228 e. The summed E-state index contributed by atoms with van der Waals surface area (Å²) in [5.41, 5.74) is 8.35. The first-order valence-corrected chi connectivity index (χ1v) is 6.71. The van der Waals surface area contributed by atoms with Crippen molar-refractivity contribution >= 4 is 11.6 Å². The third kappa shape index (κ3) is 3.45. The lowest BCUT2D eigenvalue weighted by atomic mass is 10.0. The van der Waals surface area contributed by atoms with Crippen LogP contribution in [-0.4, -0.2) is 15.7 Å². The van der Waals surface area contributed by atoms with Crippen LogP contribution in [0, 0.1) is 0 Å². The van der Waals surface area contributed by atoms with Gasteiger partial charge >= 0.3 is 0 Å². The van der Waals surface area contributed by atoms with Crippen LogP contribution in [0.5, 0.6) is 0 Å². The van der Waals surface area contributed by atoms with E-state index >= 15 is 0 Å². The smallest absolute Gasteiger partial charge is 0.228 e. The molecule has 1 amide bonds. The molecule has 0 saturated carbocycles. The van der Waals surface area contributed by atoms with Crippen LogP contribution in [0.25, 0.3) is 0 Å². The highest BCUT2D eigenvalue weighted by Crippen LogP contribution is 2.12. The Morgan fingerprint density at radius 1 is 1.35 bits per heavy atom. The van der Waals surface area contributed by atoms with Gasteiger partial charge in [0.05, 0.1) is 18.3 Å². The predicted octanol–water partition coefficient (Wildman–Crippen LogP) is 2.10. The second kappa shape index (κ2) is 6.34. The van der Waals surface area contributed by atoms with E-state index in [1.54, 1.807) is 6.20 Å². The molecule has 1 heterocycles. The van der Waals surface area contributed by atoms with E-state index in [-0.39, 0.29) is 11.9 Å². The zero-order valence-corrected chi connectivity index (χ0v) is 11.8. The normalized spacial score (nSPS) is 10.8. The zero-order chi connectivity index (χ0) is 14.5. The van der Waals surface area contributed by atoms with Crippen LogP contribution in [0.1, 0.15) is 31.0 Å². The summed E-state index contributed by atoms with van der Waals surface area (Å²) in [5, 5.41) is 7.05. The highest BCUT2D eigenvalue weighted by atomic mass is 16.1. The Kier molecular flexibility index (Phi) is 4.53. The molecule has 0 bridgehead atoms. The van der Waals surface area contributed by atoms with Gasteiger partial charge in [-0.3, -0.25) is 9.48 Å². The van der Waals surface area contributed by atoms with Gasteiger partial charge in [-0.25, -0.2) is 0 Å². The number of benzene rings is 1. The summed E-state index contributed by atoms with van der Waals surface area (Å²) >= 11 is 0. The lowest BCUT2D eigenvalue weighted by Gasteiger charge is -2.07. The molecule has 0 unspecified atom stereocenters. The molecule has 1 aromatic carbocycles. The van der Waals surface area contributed by atoms with Gasteiger partial charge in [0.1, 0.15) is 0 Å². The van der Waals surface area contributed by atoms with Crippen molar-refractivity contribution in [3.63, 3.8) is 0 Å². The third-order valence-electron chi connectivity index (χ3n) is 3.10. The molecule has 5 heteroatoms. The predicted molar refractivity (Wildman–Crippen MR) is 79.3 cm³/mol. The maximum absolute atomic E-state index is 12.0. The van der Waals surface area contributed by atoms with Crippen LogP contribution in [0.2, 0.25) is 0 Å². The molecule has 20 heavy (non-hydrogen) atoms. The van der Waals surface area contributed by atoms with E-state index in [2.05, 4.69) is 10.4 Å². The van der Waals surface area contributed by atoms with Crippen molar-refractivity contribution in [3.8, 4) is 0 Å². The number of nitrogens with one attached hydrogen (secondary N) is 1. The van der Waals surface area contributed by atoms with Gasteiger partial charge in [-0.05, 0) is 25.0 Å². The number of aromatic nitrogens is 2. The number of hydrogen-bond acceptors (Lipinski definition) is 3. The molecule has 0 aliphatic heterocycles. The Hall–Kier alpha value is -2.14. The fourth-order valence-electron chi connectivity index (χ4n) is 1.99. The minimum absolute atomic E-state index is 0.0609. The molecule has 0 aliphatic rings. The lowest BCUT2D eigenvalue weighted by molar-refractivity contribution is -0.115. The zero-order valence-electron chi connectivity index (χ0n) is 11.8. The molecule has 3 N–H and O–H groups in total. The molecule has 0 spiro atoms. The van der Waals surface area contributed by atoms with Crippen LogP contribution in [0.4, 0.5) is 5.69 Å². The highest BCUT2D eigenvalue weighted by Gasteiger charge is 2.09. The second-order valence-electron chi connectivity index (χ2n) is 5.00. The summed E-state index contributed by atoms with van der Waals surface area (Å²) in [5.74, 6) is -0.0609. The minimum atomic E-state index is -0.0609. The van der Waals surface area contributed by atoms with Crippen molar-refractivity contribution < 1.29 is 4.79 Å². The Bertz CT molecular complexity index is 589. The Morgan fingerprint density at radius 2 is 2.05 bits per heavy atom. The van der Waals surface area contributed by atoms with E-state index in [1.165, 1.54) is 0 Å². The molecule has 0 saturated heterocycles. The lowest BCUT2D eigenvalue weighted by Crippen LogP contribution is -2.15. The van der Waals surface area contributed by atoms with Crippen molar-refractivity contribution in [2.24, 2.45) is 5.73 Å². The number of nitrogens with two attached hydrogens (primary N) is 1. The fourth-order valence-corrected chi connectivity index (χ4v) is 1.99. The van der Waals surface area contributed by atoms with E-state index in [1.807, 2.05) is 49.0 Å². The fraction of sp³-hybridized carbons (Fsp3) is 0.333. The highest BCUT2D eigenvalue weighted by molar-refractivity contribution is 5.92. The van der Waals surface area contributed by atoms with Crippen LogP contribution < -0.4 is 11.1 Å². The number of hydrogen-bond donors (Lipinski definition) is 2. The first-order valence-electron chi connectivity index (χ1n) is 6.71. The number of amides is 1. The molecule has 5 nitrogen and oxygen atoms in total. The number of anilines is 1. The Morgan fingerprint density at radius 3 is 2.65 bits per heavy atom. The quantitative estimate of drug-likeness (QED) is 0.875.